The van der Waals surface area contributed by atoms with Crippen LogP contribution in [-0.2, 0) is 11.2 Å². The van der Waals surface area contributed by atoms with E-state index in [0.29, 0.717) is 11.7 Å². The highest BCUT2D eigenvalue weighted by atomic mass is 19.1. The number of rotatable bonds is 6. The maximum atomic E-state index is 13.2. The average Bonchev–Trinajstić information content (AvgIpc) is 2.79. The van der Waals surface area contributed by atoms with Crippen LogP contribution in [0.5, 0.6) is 11.5 Å². The first-order valence-corrected chi connectivity index (χ1v) is 12.5. The van der Waals surface area contributed by atoms with E-state index in [1.807, 2.05) is 18.2 Å². The zero-order chi connectivity index (χ0) is 24.0. The Bertz CT molecular complexity index is 1130. The van der Waals surface area contributed by atoms with Crippen molar-refractivity contribution in [1.29, 1.82) is 0 Å². The topological polar surface area (TPSA) is 38.8 Å². The van der Waals surface area contributed by atoms with Gasteiger partial charge in [0.15, 0.2) is 0 Å². The van der Waals surface area contributed by atoms with Crippen LogP contribution in [0.25, 0.3) is 5.57 Å². The van der Waals surface area contributed by atoms with Crippen LogP contribution in [0.4, 0.5) is 4.39 Å². The summed E-state index contributed by atoms with van der Waals surface area (Å²) in [4.78, 5) is 14.5. The van der Waals surface area contributed by atoms with E-state index in [1.165, 1.54) is 30.3 Å². The van der Waals surface area contributed by atoms with E-state index in [0.717, 1.165) is 67.6 Å². The summed E-state index contributed by atoms with van der Waals surface area (Å²) in [6.45, 7) is 10.1. The SMILES string of the molecule is CC(=O)Oc1cc(C(C)CCCc2ccc(F)cc2)cc2c1C1=C(N3CCC1CC3)C(C)(C)O2. The molecule has 5 heteroatoms. The van der Waals surface area contributed by atoms with E-state index in [4.69, 9.17) is 9.47 Å². The number of allylic oxidation sites excluding steroid dienone is 1. The molecule has 0 aromatic heterocycles. The molecule has 1 saturated heterocycles. The highest BCUT2D eigenvalue weighted by Crippen LogP contribution is 2.55. The van der Waals surface area contributed by atoms with Crippen LogP contribution in [0, 0.1) is 11.7 Å². The third kappa shape index (κ3) is 4.21. The molecular weight excluding hydrogens is 429 g/mol. The van der Waals surface area contributed by atoms with Crippen LogP contribution in [0.1, 0.15) is 76.0 Å². The number of nitrogens with zero attached hydrogens (tertiary/aromatic N) is 1. The van der Waals surface area contributed by atoms with Gasteiger partial charge in [0.25, 0.3) is 0 Å². The van der Waals surface area contributed by atoms with E-state index in [-0.39, 0.29) is 17.7 Å². The van der Waals surface area contributed by atoms with Gasteiger partial charge in [-0.25, -0.2) is 4.39 Å². The molecule has 34 heavy (non-hydrogen) atoms. The highest BCUT2D eigenvalue weighted by Gasteiger charge is 2.46. The van der Waals surface area contributed by atoms with Gasteiger partial charge in [-0.3, -0.25) is 4.79 Å². The molecule has 2 aromatic carbocycles. The highest BCUT2D eigenvalue weighted by molar-refractivity contribution is 5.85. The Balaban J connectivity index is 1.46. The van der Waals surface area contributed by atoms with Crippen molar-refractivity contribution in [2.75, 3.05) is 13.1 Å². The number of esters is 1. The molecule has 0 amide bonds. The van der Waals surface area contributed by atoms with Gasteiger partial charge in [-0.2, -0.15) is 0 Å². The summed E-state index contributed by atoms with van der Waals surface area (Å²) in [5.41, 5.74) is 5.40. The Kier molecular flexibility index (Phi) is 5.91. The van der Waals surface area contributed by atoms with Crippen LogP contribution in [0.15, 0.2) is 42.1 Å². The first-order valence-electron chi connectivity index (χ1n) is 12.5. The Hall–Kier alpha value is -2.82. The molecule has 4 aliphatic rings. The monoisotopic (exact) mass is 463 g/mol. The second-order valence-electron chi connectivity index (χ2n) is 10.5. The van der Waals surface area contributed by atoms with E-state index in [9.17, 15) is 9.18 Å². The lowest BCUT2D eigenvalue weighted by Gasteiger charge is -2.51. The predicted molar refractivity (Wildman–Crippen MR) is 131 cm³/mol. The van der Waals surface area contributed by atoms with E-state index < -0.39 is 5.60 Å². The van der Waals surface area contributed by atoms with Crippen LogP contribution < -0.4 is 9.47 Å². The normalized spacial score (nSPS) is 19.4. The second-order valence-corrected chi connectivity index (χ2v) is 10.5. The fourth-order valence-corrected chi connectivity index (χ4v) is 6.01. The zero-order valence-corrected chi connectivity index (χ0v) is 20.6. The molecule has 2 bridgehead atoms. The Morgan fingerprint density at radius 1 is 1.21 bits per heavy atom. The molecule has 4 nitrogen and oxygen atoms in total. The maximum absolute atomic E-state index is 13.2. The van der Waals surface area contributed by atoms with Crippen LogP contribution >= 0.6 is 0 Å². The molecule has 0 saturated carbocycles. The number of hydrogen-bond donors (Lipinski definition) is 0. The number of fused-ring (bicyclic) bond motifs is 3. The lowest BCUT2D eigenvalue weighted by molar-refractivity contribution is -0.131. The van der Waals surface area contributed by atoms with Crippen molar-refractivity contribution in [3.05, 3.63) is 64.6 Å². The van der Waals surface area contributed by atoms with Gasteiger partial charge in [-0.05, 0) is 98.8 Å². The summed E-state index contributed by atoms with van der Waals surface area (Å²) < 4.78 is 25.6. The lowest BCUT2D eigenvalue weighted by Crippen LogP contribution is -2.51. The molecule has 2 aromatic rings. The summed E-state index contributed by atoms with van der Waals surface area (Å²) in [5, 5.41) is 0. The van der Waals surface area contributed by atoms with Crippen molar-refractivity contribution in [3.8, 4) is 11.5 Å². The van der Waals surface area contributed by atoms with Crippen LogP contribution in [0.2, 0.25) is 0 Å². The van der Waals surface area contributed by atoms with Gasteiger partial charge in [0, 0.05) is 20.0 Å². The number of hydrogen-bond acceptors (Lipinski definition) is 4. The van der Waals surface area contributed by atoms with Gasteiger partial charge in [0.2, 0.25) is 0 Å². The number of piperidine rings is 1. The van der Waals surface area contributed by atoms with Gasteiger partial charge in [0.05, 0.1) is 11.3 Å². The number of carbonyl (C=O) groups excluding carboxylic acids is 1. The lowest BCUT2D eigenvalue weighted by atomic mass is 9.73. The number of ether oxygens (including phenoxy) is 2. The summed E-state index contributed by atoms with van der Waals surface area (Å²) in [6.07, 6.45) is 5.14. The van der Waals surface area contributed by atoms with E-state index in [1.54, 1.807) is 0 Å². The number of halogens is 1. The molecule has 180 valence electrons. The van der Waals surface area contributed by atoms with Crippen LogP contribution in [-0.4, -0.2) is 29.6 Å². The zero-order valence-electron chi connectivity index (χ0n) is 20.6. The van der Waals surface area contributed by atoms with Gasteiger partial charge in [0.1, 0.15) is 22.9 Å². The van der Waals surface area contributed by atoms with Crippen molar-refractivity contribution in [2.24, 2.45) is 5.92 Å². The molecule has 4 heterocycles. The Labute approximate surface area is 201 Å². The number of benzene rings is 2. The van der Waals surface area contributed by atoms with E-state index >= 15 is 0 Å². The molecule has 1 atom stereocenters. The Morgan fingerprint density at radius 3 is 2.59 bits per heavy atom. The maximum Gasteiger partial charge on any atom is 0.308 e. The van der Waals surface area contributed by atoms with Crippen molar-refractivity contribution in [1.82, 2.24) is 4.90 Å². The van der Waals surface area contributed by atoms with Gasteiger partial charge >= 0.3 is 5.97 Å². The standard InChI is InChI=1S/C29H34FNO3/c1-18(6-5-7-20-8-10-23(30)11-9-20)22-16-24(33-19(2)32)27-25(17-22)34-29(3,4)28-26(27)21-12-14-31(28)15-13-21/h8-11,16-18,21H,5-7,12-15H2,1-4H3. The third-order valence-electron chi connectivity index (χ3n) is 7.61. The molecule has 1 unspecified atom stereocenters. The quantitative estimate of drug-likeness (QED) is 0.363. The van der Waals surface area contributed by atoms with E-state index in [2.05, 4.69) is 31.7 Å². The molecule has 0 spiro atoms. The summed E-state index contributed by atoms with van der Waals surface area (Å²) >= 11 is 0. The van der Waals surface area contributed by atoms with Gasteiger partial charge in [-0.1, -0.05) is 19.1 Å². The molecule has 4 aliphatic heterocycles. The van der Waals surface area contributed by atoms with Gasteiger partial charge < -0.3 is 14.4 Å². The van der Waals surface area contributed by atoms with Crippen molar-refractivity contribution in [3.63, 3.8) is 0 Å². The van der Waals surface area contributed by atoms with Crippen molar-refractivity contribution < 1.29 is 18.7 Å². The minimum atomic E-state index is -0.417. The minimum Gasteiger partial charge on any atom is -0.481 e. The summed E-state index contributed by atoms with van der Waals surface area (Å²) in [5.74, 6) is 1.70. The molecule has 0 N–H and O–H groups in total. The fraction of sp³-hybridized carbons (Fsp3) is 0.483. The van der Waals surface area contributed by atoms with Gasteiger partial charge in [-0.15, -0.1) is 0 Å². The smallest absolute Gasteiger partial charge is 0.308 e. The second kappa shape index (κ2) is 8.75. The predicted octanol–water partition coefficient (Wildman–Crippen LogP) is 6.49. The molecular formula is C29H34FNO3. The molecule has 1 fully saturated rings. The molecule has 6 rings (SSSR count). The summed E-state index contributed by atoms with van der Waals surface area (Å²) in [6, 6.07) is 11.0. The molecule has 0 radical (unpaired) electrons. The third-order valence-corrected chi connectivity index (χ3v) is 7.61. The minimum absolute atomic E-state index is 0.201. The first-order chi connectivity index (χ1) is 16.2. The largest absolute Gasteiger partial charge is 0.481 e. The fourth-order valence-electron chi connectivity index (χ4n) is 6.01. The molecule has 0 aliphatic carbocycles. The number of aryl methyl sites for hydroxylation is 1. The van der Waals surface area contributed by atoms with Crippen molar-refractivity contribution >= 4 is 11.5 Å². The van der Waals surface area contributed by atoms with Crippen molar-refractivity contribution in [2.45, 2.75) is 71.3 Å². The Morgan fingerprint density at radius 2 is 1.91 bits per heavy atom. The van der Waals surface area contributed by atoms with Crippen LogP contribution in [0.3, 0.4) is 0 Å². The summed E-state index contributed by atoms with van der Waals surface area (Å²) in [7, 11) is 0. The number of carbonyl (C=O) groups is 1. The average molecular weight is 464 g/mol. The first kappa shape index (κ1) is 22.9.